The number of rotatable bonds is 7. The molecule has 0 spiro atoms. The van der Waals surface area contributed by atoms with E-state index in [-0.39, 0.29) is 11.4 Å². The van der Waals surface area contributed by atoms with Crippen LogP contribution >= 0.6 is 0 Å². The van der Waals surface area contributed by atoms with Gasteiger partial charge in [0, 0.05) is 29.4 Å². The summed E-state index contributed by atoms with van der Waals surface area (Å²) in [6.07, 6.45) is 5.33. The molecule has 0 aliphatic heterocycles. The van der Waals surface area contributed by atoms with Crippen LogP contribution in [0.1, 0.15) is 45.7 Å². The van der Waals surface area contributed by atoms with Crippen molar-refractivity contribution in [2.75, 3.05) is 16.4 Å². The Hall–Kier alpha value is -4.53. The number of aromatic nitrogens is 3. The summed E-state index contributed by atoms with van der Waals surface area (Å²) < 4.78 is 13.5. The fourth-order valence-electron chi connectivity index (χ4n) is 3.89. The summed E-state index contributed by atoms with van der Waals surface area (Å²) in [4.78, 5) is 16.9. The van der Waals surface area contributed by atoms with Gasteiger partial charge in [0.05, 0.1) is 17.5 Å². The van der Waals surface area contributed by atoms with E-state index in [2.05, 4.69) is 36.4 Å². The molecule has 5 rings (SSSR count). The van der Waals surface area contributed by atoms with E-state index in [1.54, 1.807) is 47.3 Å². The highest BCUT2D eigenvalue weighted by Crippen LogP contribution is 2.29. The average Bonchev–Trinajstić information content (AvgIpc) is 3.27. The SMILES string of the molecule is CC(C)(C)c1cc(NC(=O)Nc2ccc(Oc3ccnc(N)c3)cc2)n(-c2ccc(OC3CCC3)cc2)n1. The first kappa shape index (κ1) is 25.1. The molecular formula is C29H32N6O3. The number of amides is 2. The molecule has 1 saturated carbocycles. The topological polar surface area (TPSA) is 116 Å². The number of urea groups is 1. The van der Waals surface area contributed by atoms with E-state index in [0.717, 1.165) is 30.0 Å². The lowest BCUT2D eigenvalue weighted by atomic mass is 9.92. The first-order chi connectivity index (χ1) is 18.2. The van der Waals surface area contributed by atoms with E-state index in [1.165, 1.54) is 6.42 Å². The molecule has 4 N–H and O–H groups in total. The van der Waals surface area contributed by atoms with Crippen LogP contribution in [0.15, 0.2) is 72.9 Å². The molecule has 196 valence electrons. The van der Waals surface area contributed by atoms with Crippen molar-refractivity contribution in [3.8, 4) is 22.9 Å². The van der Waals surface area contributed by atoms with Crippen molar-refractivity contribution >= 4 is 23.4 Å². The highest BCUT2D eigenvalue weighted by atomic mass is 16.5. The van der Waals surface area contributed by atoms with E-state index < -0.39 is 0 Å². The molecule has 0 atom stereocenters. The lowest BCUT2D eigenvalue weighted by Gasteiger charge is -2.26. The first-order valence-corrected chi connectivity index (χ1v) is 12.7. The van der Waals surface area contributed by atoms with Crippen LogP contribution in [0.25, 0.3) is 5.69 Å². The second-order valence-electron chi connectivity index (χ2n) is 10.4. The van der Waals surface area contributed by atoms with Gasteiger partial charge in [-0.25, -0.2) is 14.5 Å². The van der Waals surface area contributed by atoms with Crippen LogP contribution in [-0.2, 0) is 5.41 Å². The molecule has 9 nitrogen and oxygen atoms in total. The fraction of sp³-hybridized carbons (Fsp3) is 0.276. The Balaban J connectivity index is 1.28. The predicted octanol–water partition coefficient (Wildman–Crippen LogP) is 6.51. The van der Waals surface area contributed by atoms with Crippen LogP contribution in [-0.4, -0.2) is 26.9 Å². The van der Waals surface area contributed by atoms with Crippen molar-refractivity contribution in [2.45, 2.75) is 51.6 Å². The second-order valence-corrected chi connectivity index (χ2v) is 10.4. The number of nitrogens with zero attached hydrogens (tertiary/aromatic N) is 3. The number of ether oxygens (including phenoxy) is 2. The number of hydrogen-bond donors (Lipinski definition) is 3. The standard InChI is InChI=1S/C29H32N6O3/c1-29(2,3)25-18-27(35(34-25)20-9-13-23(14-10-20)37-21-5-4-6-21)33-28(36)32-19-7-11-22(12-8-19)38-24-15-16-31-26(30)17-24/h7-18,21H,4-6H2,1-3H3,(H2,30,31)(H2,32,33,36). The van der Waals surface area contributed by atoms with Crippen molar-refractivity contribution in [3.63, 3.8) is 0 Å². The first-order valence-electron chi connectivity index (χ1n) is 12.7. The Bertz CT molecular complexity index is 1400. The van der Waals surface area contributed by atoms with Gasteiger partial charge >= 0.3 is 6.03 Å². The Morgan fingerprint density at radius 1 is 0.947 bits per heavy atom. The van der Waals surface area contributed by atoms with Crippen molar-refractivity contribution in [1.82, 2.24) is 14.8 Å². The fourth-order valence-corrected chi connectivity index (χ4v) is 3.89. The molecule has 2 aromatic carbocycles. The third-order valence-corrected chi connectivity index (χ3v) is 6.26. The highest BCUT2D eigenvalue weighted by molar-refractivity contribution is 5.99. The van der Waals surface area contributed by atoms with Crippen LogP contribution in [0.2, 0.25) is 0 Å². The molecular weight excluding hydrogens is 480 g/mol. The molecule has 0 radical (unpaired) electrons. The maximum Gasteiger partial charge on any atom is 0.324 e. The van der Waals surface area contributed by atoms with Crippen molar-refractivity contribution in [2.24, 2.45) is 0 Å². The minimum Gasteiger partial charge on any atom is -0.490 e. The summed E-state index contributed by atoms with van der Waals surface area (Å²) in [7, 11) is 0. The van der Waals surface area contributed by atoms with Gasteiger partial charge in [0.2, 0.25) is 0 Å². The monoisotopic (exact) mass is 512 g/mol. The summed E-state index contributed by atoms with van der Waals surface area (Å²) in [5.41, 5.74) is 7.81. The van der Waals surface area contributed by atoms with Gasteiger partial charge in [0.1, 0.15) is 28.9 Å². The number of carbonyl (C=O) groups is 1. The number of benzene rings is 2. The molecule has 4 aromatic rings. The molecule has 1 aliphatic rings. The molecule has 1 fully saturated rings. The number of pyridine rings is 1. The van der Waals surface area contributed by atoms with Crippen LogP contribution < -0.4 is 25.8 Å². The number of hydrogen-bond acceptors (Lipinski definition) is 6. The lowest BCUT2D eigenvalue weighted by Crippen LogP contribution is -2.24. The number of anilines is 3. The Morgan fingerprint density at radius 3 is 2.29 bits per heavy atom. The average molecular weight is 513 g/mol. The molecule has 2 amide bonds. The van der Waals surface area contributed by atoms with Crippen molar-refractivity contribution in [3.05, 3.63) is 78.6 Å². The van der Waals surface area contributed by atoms with Crippen LogP contribution in [0.5, 0.6) is 17.2 Å². The van der Waals surface area contributed by atoms with Crippen molar-refractivity contribution in [1.29, 1.82) is 0 Å². The number of nitrogen functional groups attached to an aromatic ring is 1. The zero-order chi connectivity index (χ0) is 26.7. The minimum absolute atomic E-state index is 0.194. The molecule has 0 bridgehead atoms. The van der Waals surface area contributed by atoms with Crippen LogP contribution in [0, 0.1) is 0 Å². The molecule has 1 aliphatic carbocycles. The lowest BCUT2D eigenvalue weighted by molar-refractivity contribution is 0.120. The van der Waals surface area contributed by atoms with Gasteiger partial charge in [-0.1, -0.05) is 20.8 Å². The van der Waals surface area contributed by atoms with Crippen LogP contribution in [0.3, 0.4) is 0 Å². The van der Waals surface area contributed by atoms with E-state index in [1.807, 2.05) is 30.3 Å². The molecule has 0 unspecified atom stereocenters. The van der Waals surface area contributed by atoms with E-state index in [4.69, 9.17) is 20.3 Å². The van der Waals surface area contributed by atoms with Crippen molar-refractivity contribution < 1.29 is 14.3 Å². The molecule has 9 heteroatoms. The van der Waals surface area contributed by atoms with E-state index in [0.29, 0.717) is 34.9 Å². The third-order valence-electron chi connectivity index (χ3n) is 6.26. The van der Waals surface area contributed by atoms with Gasteiger partial charge in [0.15, 0.2) is 0 Å². The number of nitrogens with two attached hydrogens (primary N) is 1. The Labute approximate surface area is 222 Å². The Morgan fingerprint density at radius 2 is 1.66 bits per heavy atom. The maximum atomic E-state index is 12.9. The summed E-state index contributed by atoms with van der Waals surface area (Å²) in [6, 6.07) is 19.7. The smallest absolute Gasteiger partial charge is 0.324 e. The number of nitrogens with one attached hydrogen (secondary N) is 2. The van der Waals surface area contributed by atoms with Gasteiger partial charge < -0.3 is 20.5 Å². The normalized spacial score (nSPS) is 13.4. The summed E-state index contributed by atoms with van der Waals surface area (Å²) in [5.74, 6) is 2.98. The predicted molar refractivity (Wildman–Crippen MR) is 148 cm³/mol. The number of carbonyl (C=O) groups excluding carboxylic acids is 1. The maximum absolute atomic E-state index is 12.9. The second kappa shape index (κ2) is 10.5. The molecule has 2 aromatic heterocycles. The van der Waals surface area contributed by atoms with Gasteiger partial charge in [0.25, 0.3) is 0 Å². The van der Waals surface area contributed by atoms with E-state index in [9.17, 15) is 4.79 Å². The highest BCUT2D eigenvalue weighted by Gasteiger charge is 2.22. The Kier molecular flexibility index (Phi) is 6.91. The quantitative estimate of drug-likeness (QED) is 0.260. The largest absolute Gasteiger partial charge is 0.490 e. The summed E-state index contributed by atoms with van der Waals surface area (Å²) >= 11 is 0. The molecule has 38 heavy (non-hydrogen) atoms. The molecule has 0 saturated heterocycles. The zero-order valence-electron chi connectivity index (χ0n) is 21.8. The van der Waals surface area contributed by atoms with Gasteiger partial charge in [-0.2, -0.15) is 5.10 Å². The minimum atomic E-state index is -0.382. The summed E-state index contributed by atoms with van der Waals surface area (Å²) in [6.45, 7) is 6.26. The summed E-state index contributed by atoms with van der Waals surface area (Å²) in [5, 5.41) is 10.6. The third kappa shape index (κ3) is 6.05. The van der Waals surface area contributed by atoms with Crippen LogP contribution in [0.4, 0.5) is 22.1 Å². The van der Waals surface area contributed by atoms with Gasteiger partial charge in [-0.3, -0.25) is 5.32 Å². The van der Waals surface area contributed by atoms with E-state index >= 15 is 0 Å². The molecule has 2 heterocycles. The zero-order valence-corrected chi connectivity index (χ0v) is 21.8. The van der Waals surface area contributed by atoms with Gasteiger partial charge in [-0.05, 0) is 73.9 Å². The van der Waals surface area contributed by atoms with Gasteiger partial charge in [-0.15, -0.1) is 0 Å².